The summed E-state index contributed by atoms with van der Waals surface area (Å²) in [6.07, 6.45) is 3.41. The summed E-state index contributed by atoms with van der Waals surface area (Å²) in [6, 6.07) is 9.33. The summed E-state index contributed by atoms with van der Waals surface area (Å²) in [5.41, 5.74) is 0.957. The van der Waals surface area contributed by atoms with E-state index >= 15 is 0 Å². The molecule has 0 saturated heterocycles. The van der Waals surface area contributed by atoms with Crippen LogP contribution in [-0.2, 0) is 11.3 Å². The van der Waals surface area contributed by atoms with Crippen LogP contribution in [-0.4, -0.2) is 22.8 Å². The largest absolute Gasteiger partial charge is 0.496 e. The zero-order valence-electron chi connectivity index (χ0n) is 11.0. The van der Waals surface area contributed by atoms with Gasteiger partial charge in [0.05, 0.1) is 13.2 Å². The van der Waals surface area contributed by atoms with E-state index in [1.54, 1.807) is 30.3 Å². The van der Waals surface area contributed by atoms with Gasteiger partial charge in [0, 0.05) is 18.0 Å². The normalized spacial score (nSPS) is 11.9. The van der Waals surface area contributed by atoms with Crippen molar-refractivity contribution >= 4 is 5.91 Å². The molecular weight excluding hydrogens is 242 g/mol. The van der Waals surface area contributed by atoms with Gasteiger partial charge in [-0.2, -0.15) is 5.10 Å². The monoisotopic (exact) mass is 259 g/mol. The minimum atomic E-state index is -0.112. The Morgan fingerprint density at radius 3 is 2.89 bits per heavy atom. The van der Waals surface area contributed by atoms with E-state index in [9.17, 15) is 4.79 Å². The van der Waals surface area contributed by atoms with Crippen molar-refractivity contribution in [1.29, 1.82) is 0 Å². The molecule has 0 bridgehead atoms. The number of carbonyl (C=O) groups is 1. The van der Waals surface area contributed by atoms with Gasteiger partial charge in [0.25, 0.3) is 0 Å². The minimum absolute atomic E-state index is 0.0814. The molecule has 19 heavy (non-hydrogen) atoms. The molecule has 1 aromatic heterocycles. The van der Waals surface area contributed by atoms with E-state index in [1.807, 2.05) is 31.2 Å². The minimum Gasteiger partial charge on any atom is -0.496 e. The molecule has 0 spiro atoms. The van der Waals surface area contributed by atoms with Crippen molar-refractivity contribution < 1.29 is 9.53 Å². The number of ether oxygens (including phenoxy) is 1. The Morgan fingerprint density at radius 2 is 2.21 bits per heavy atom. The first kappa shape index (κ1) is 13.1. The van der Waals surface area contributed by atoms with Crippen LogP contribution in [0, 0.1) is 0 Å². The van der Waals surface area contributed by atoms with Crippen molar-refractivity contribution in [3.05, 3.63) is 48.3 Å². The number of aromatic nitrogens is 2. The Morgan fingerprint density at radius 1 is 1.42 bits per heavy atom. The summed E-state index contributed by atoms with van der Waals surface area (Å²) in [6.45, 7) is 2.14. The number of hydrogen-bond donors (Lipinski definition) is 1. The first-order valence-corrected chi connectivity index (χ1v) is 6.10. The lowest BCUT2D eigenvalue weighted by Crippen LogP contribution is -2.30. The van der Waals surface area contributed by atoms with E-state index in [-0.39, 0.29) is 18.5 Å². The molecule has 0 saturated carbocycles. The highest BCUT2D eigenvalue weighted by molar-refractivity contribution is 5.76. The van der Waals surface area contributed by atoms with Gasteiger partial charge in [-0.05, 0) is 19.1 Å². The van der Waals surface area contributed by atoms with Crippen molar-refractivity contribution in [3.63, 3.8) is 0 Å². The quantitative estimate of drug-likeness (QED) is 0.890. The third-order valence-corrected chi connectivity index (χ3v) is 2.85. The van der Waals surface area contributed by atoms with Crippen molar-refractivity contribution in [1.82, 2.24) is 15.1 Å². The van der Waals surface area contributed by atoms with Crippen LogP contribution in [0.15, 0.2) is 42.7 Å². The molecular formula is C14H17N3O2. The molecule has 2 aromatic rings. The molecule has 5 nitrogen and oxygen atoms in total. The van der Waals surface area contributed by atoms with Gasteiger partial charge in [0.2, 0.25) is 5.91 Å². The Hall–Kier alpha value is -2.30. The smallest absolute Gasteiger partial charge is 0.242 e. The first-order valence-electron chi connectivity index (χ1n) is 6.10. The Kier molecular flexibility index (Phi) is 4.18. The number of amides is 1. The average Bonchev–Trinajstić information content (AvgIpc) is 2.91. The van der Waals surface area contributed by atoms with Crippen LogP contribution in [0.2, 0.25) is 0 Å². The maximum Gasteiger partial charge on any atom is 0.242 e. The molecule has 0 aliphatic rings. The fraction of sp³-hybridized carbons (Fsp3) is 0.286. The fourth-order valence-corrected chi connectivity index (χ4v) is 1.93. The molecule has 1 amide bonds. The molecule has 0 aliphatic heterocycles. The molecule has 5 heteroatoms. The number of nitrogens with zero attached hydrogens (tertiary/aromatic N) is 2. The van der Waals surface area contributed by atoms with Crippen molar-refractivity contribution in [2.24, 2.45) is 0 Å². The predicted octanol–water partition coefficient (Wildman–Crippen LogP) is 1.77. The maximum atomic E-state index is 11.9. The number of hydrogen-bond acceptors (Lipinski definition) is 3. The van der Waals surface area contributed by atoms with Gasteiger partial charge in [0.1, 0.15) is 12.3 Å². The van der Waals surface area contributed by atoms with Crippen LogP contribution in [0.1, 0.15) is 18.5 Å². The lowest BCUT2D eigenvalue weighted by molar-refractivity contribution is -0.122. The highest BCUT2D eigenvalue weighted by Gasteiger charge is 2.13. The maximum absolute atomic E-state index is 11.9. The van der Waals surface area contributed by atoms with E-state index in [2.05, 4.69) is 10.4 Å². The molecule has 0 fully saturated rings. The number of rotatable bonds is 5. The molecule has 0 aliphatic carbocycles. The number of para-hydroxylation sites is 1. The summed E-state index contributed by atoms with van der Waals surface area (Å²) in [4.78, 5) is 11.9. The second kappa shape index (κ2) is 6.04. The van der Waals surface area contributed by atoms with E-state index in [0.29, 0.717) is 0 Å². The van der Waals surface area contributed by atoms with Gasteiger partial charge < -0.3 is 10.1 Å². The summed E-state index contributed by atoms with van der Waals surface area (Å²) in [5, 5.41) is 6.93. The third-order valence-electron chi connectivity index (χ3n) is 2.85. The van der Waals surface area contributed by atoms with Gasteiger partial charge in [0.15, 0.2) is 0 Å². The lowest BCUT2D eigenvalue weighted by atomic mass is 10.1. The first-order chi connectivity index (χ1) is 9.20. The zero-order chi connectivity index (χ0) is 13.7. The van der Waals surface area contributed by atoms with Gasteiger partial charge in [-0.3, -0.25) is 9.48 Å². The lowest BCUT2D eigenvalue weighted by Gasteiger charge is -2.17. The van der Waals surface area contributed by atoms with Gasteiger partial charge in [-0.1, -0.05) is 18.2 Å². The summed E-state index contributed by atoms with van der Waals surface area (Å²) >= 11 is 0. The summed E-state index contributed by atoms with van der Waals surface area (Å²) in [7, 11) is 1.62. The highest BCUT2D eigenvalue weighted by Crippen LogP contribution is 2.24. The number of nitrogens with one attached hydrogen (secondary N) is 1. The molecule has 1 aromatic carbocycles. The van der Waals surface area contributed by atoms with Gasteiger partial charge in [-0.15, -0.1) is 0 Å². The Balaban J connectivity index is 2.00. The van der Waals surface area contributed by atoms with Crippen LogP contribution in [0.3, 0.4) is 0 Å². The molecule has 1 atom stereocenters. The highest BCUT2D eigenvalue weighted by atomic mass is 16.5. The van der Waals surface area contributed by atoms with E-state index in [4.69, 9.17) is 4.74 Å². The van der Waals surface area contributed by atoms with Gasteiger partial charge in [-0.25, -0.2) is 0 Å². The summed E-state index contributed by atoms with van der Waals surface area (Å²) < 4.78 is 6.87. The van der Waals surface area contributed by atoms with Crippen LogP contribution in [0.25, 0.3) is 0 Å². The number of methoxy groups -OCH3 is 1. The average molecular weight is 259 g/mol. The molecule has 1 N–H and O–H groups in total. The van der Waals surface area contributed by atoms with Crippen LogP contribution < -0.4 is 10.1 Å². The SMILES string of the molecule is COc1ccccc1C(C)NC(=O)Cn1cccn1. The predicted molar refractivity (Wildman–Crippen MR) is 71.8 cm³/mol. The molecule has 2 rings (SSSR count). The second-order valence-corrected chi connectivity index (χ2v) is 4.23. The van der Waals surface area contributed by atoms with Crippen molar-refractivity contribution in [3.8, 4) is 5.75 Å². The van der Waals surface area contributed by atoms with E-state index in [0.717, 1.165) is 11.3 Å². The number of benzene rings is 1. The van der Waals surface area contributed by atoms with Crippen molar-refractivity contribution in [2.45, 2.75) is 19.5 Å². The standard InChI is InChI=1S/C14H17N3O2/c1-11(12-6-3-4-7-13(12)19-2)16-14(18)10-17-9-5-8-15-17/h3-9,11H,10H2,1-2H3,(H,16,18). The number of carbonyl (C=O) groups excluding carboxylic acids is 1. The summed E-state index contributed by atoms with van der Waals surface area (Å²) in [5.74, 6) is 0.691. The molecule has 1 heterocycles. The Bertz CT molecular complexity index is 537. The Labute approximate surface area is 112 Å². The molecule has 0 radical (unpaired) electrons. The topological polar surface area (TPSA) is 56.1 Å². The fourth-order valence-electron chi connectivity index (χ4n) is 1.93. The van der Waals surface area contributed by atoms with E-state index in [1.165, 1.54) is 0 Å². The third kappa shape index (κ3) is 3.34. The molecule has 100 valence electrons. The van der Waals surface area contributed by atoms with Crippen LogP contribution in [0.5, 0.6) is 5.75 Å². The second-order valence-electron chi connectivity index (χ2n) is 4.23. The van der Waals surface area contributed by atoms with Crippen LogP contribution in [0.4, 0.5) is 0 Å². The van der Waals surface area contributed by atoms with Crippen molar-refractivity contribution in [2.75, 3.05) is 7.11 Å². The zero-order valence-corrected chi connectivity index (χ0v) is 11.0. The molecule has 1 unspecified atom stereocenters. The van der Waals surface area contributed by atoms with Gasteiger partial charge >= 0.3 is 0 Å². The van der Waals surface area contributed by atoms with Crippen LogP contribution >= 0.6 is 0 Å². The van der Waals surface area contributed by atoms with E-state index < -0.39 is 0 Å².